The van der Waals surface area contributed by atoms with E-state index in [2.05, 4.69) is 41.5 Å². The van der Waals surface area contributed by atoms with Gasteiger partial charge in [0.2, 0.25) is 0 Å². The highest BCUT2D eigenvalue weighted by Gasteiger charge is 2.24. The Morgan fingerprint density at radius 2 is 2.11 bits per heavy atom. The van der Waals surface area contributed by atoms with Crippen LogP contribution in [0.3, 0.4) is 0 Å². The number of likely N-dealkylation sites (tertiary alicyclic amines) is 1. The van der Waals surface area contributed by atoms with Crippen molar-refractivity contribution < 1.29 is 0 Å². The zero-order valence-electron chi connectivity index (χ0n) is 11.8. The molecule has 0 radical (unpaired) electrons. The summed E-state index contributed by atoms with van der Waals surface area (Å²) in [6.45, 7) is 4.83. The summed E-state index contributed by atoms with van der Waals surface area (Å²) in [4.78, 5) is 2.61. The van der Waals surface area contributed by atoms with Gasteiger partial charge in [-0.05, 0) is 62.4 Å². The molecule has 1 saturated carbocycles. The van der Waals surface area contributed by atoms with Crippen molar-refractivity contribution in [2.24, 2.45) is 5.92 Å². The molecule has 0 amide bonds. The third-order valence-electron chi connectivity index (χ3n) is 4.27. The van der Waals surface area contributed by atoms with Crippen LogP contribution in [0.2, 0.25) is 0 Å². The van der Waals surface area contributed by atoms with E-state index in [-0.39, 0.29) is 12.4 Å². The van der Waals surface area contributed by atoms with E-state index in [0.29, 0.717) is 0 Å². The first kappa shape index (κ1) is 14.8. The molecule has 3 heteroatoms. The summed E-state index contributed by atoms with van der Waals surface area (Å²) in [5.41, 5.74) is 3.07. The van der Waals surface area contributed by atoms with Crippen molar-refractivity contribution in [3.8, 4) is 0 Å². The van der Waals surface area contributed by atoms with Gasteiger partial charge in [0.05, 0.1) is 0 Å². The lowest BCUT2D eigenvalue weighted by atomic mass is 10.1. The Morgan fingerprint density at radius 1 is 1.26 bits per heavy atom. The van der Waals surface area contributed by atoms with E-state index >= 15 is 0 Å². The quantitative estimate of drug-likeness (QED) is 0.892. The molecule has 1 saturated heterocycles. The molecule has 1 aromatic carbocycles. The van der Waals surface area contributed by atoms with Crippen LogP contribution < -0.4 is 5.32 Å². The van der Waals surface area contributed by atoms with Crippen molar-refractivity contribution in [2.45, 2.75) is 31.7 Å². The number of hydrogen-bond acceptors (Lipinski definition) is 2. The van der Waals surface area contributed by atoms with Crippen LogP contribution in [0.25, 0.3) is 0 Å². The Balaban J connectivity index is 0.00000133. The summed E-state index contributed by atoms with van der Waals surface area (Å²) >= 11 is 0. The minimum absolute atomic E-state index is 0. The second-order valence-corrected chi connectivity index (χ2v) is 5.97. The predicted octanol–water partition coefficient (Wildman–Crippen LogP) is 3.03. The van der Waals surface area contributed by atoms with E-state index in [1.165, 1.54) is 44.5 Å². The summed E-state index contributed by atoms with van der Waals surface area (Å²) in [5.74, 6) is 1.72. The van der Waals surface area contributed by atoms with E-state index in [9.17, 15) is 0 Å². The summed E-state index contributed by atoms with van der Waals surface area (Å²) < 4.78 is 0. The van der Waals surface area contributed by atoms with Gasteiger partial charge in [0.15, 0.2) is 0 Å². The van der Waals surface area contributed by atoms with Gasteiger partial charge in [-0.25, -0.2) is 0 Å². The van der Waals surface area contributed by atoms with Crippen molar-refractivity contribution in [1.29, 1.82) is 0 Å². The molecule has 2 aliphatic rings. The van der Waals surface area contributed by atoms with Crippen LogP contribution in [-0.4, -0.2) is 31.6 Å². The number of hydrogen-bond donors (Lipinski definition) is 1. The first-order valence-electron chi connectivity index (χ1n) is 7.31. The van der Waals surface area contributed by atoms with E-state index < -0.39 is 0 Å². The lowest BCUT2D eigenvalue weighted by Crippen LogP contribution is -2.24. The minimum atomic E-state index is 0. The van der Waals surface area contributed by atoms with Crippen LogP contribution in [0, 0.1) is 5.92 Å². The van der Waals surface area contributed by atoms with Crippen LogP contribution in [0.5, 0.6) is 0 Å². The highest BCUT2D eigenvalue weighted by atomic mass is 35.5. The molecule has 1 unspecified atom stereocenters. The maximum Gasteiger partial charge on any atom is 0.0233 e. The molecule has 0 spiro atoms. The molecule has 0 aromatic heterocycles. The number of halogens is 1. The molecule has 2 fully saturated rings. The third-order valence-corrected chi connectivity index (χ3v) is 4.27. The van der Waals surface area contributed by atoms with E-state index in [1.54, 1.807) is 5.56 Å². The maximum absolute atomic E-state index is 3.30. The molecular formula is C16H25ClN2. The standard InChI is InChI=1S/C16H24N2.ClH/c1-17-10-14-7-8-18(12-14)11-13-3-2-4-16(9-13)15-5-6-15;/h2-4,9,14-15,17H,5-8,10-12H2,1H3;1H. The summed E-state index contributed by atoms with van der Waals surface area (Å²) in [6, 6.07) is 9.26. The lowest BCUT2D eigenvalue weighted by Gasteiger charge is -2.16. The van der Waals surface area contributed by atoms with Gasteiger partial charge in [-0.15, -0.1) is 12.4 Å². The lowest BCUT2D eigenvalue weighted by molar-refractivity contribution is 0.315. The van der Waals surface area contributed by atoms with Gasteiger partial charge in [0, 0.05) is 13.1 Å². The van der Waals surface area contributed by atoms with Gasteiger partial charge in [-0.1, -0.05) is 24.3 Å². The SMILES string of the molecule is CNCC1CCN(Cc2cccc(C3CC3)c2)C1.Cl. The summed E-state index contributed by atoms with van der Waals surface area (Å²) in [6.07, 6.45) is 4.15. The summed E-state index contributed by atoms with van der Waals surface area (Å²) in [7, 11) is 2.06. The normalized spacial score (nSPS) is 23.3. The van der Waals surface area contributed by atoms with Crippen molar-refractivity contribution in [3.63, 3.8) is 0 Å². The monoisotopic (exact) mass is 280 g/mol. The van der Waals surface area contributed by atoms with Gasteiger partial charge in [0.25, 0.3) is 0 Å². The van der Waals surface area contributed by atoms with Gasteiger partial charge in [-0.3, -0.25) is 4.90 Å². The van der Waals surface area contributed by atoms with Crippen molar-refractivity contribution in [2.75, 3.05) is 26.7 Å². The largest absolute Gasteiger partial charge is 0.319 e. The smallest absolute Gasteiger partial charge is 0.0233 e. The second-order valence-electron chi connectivity index (χ2n) is 5.97. The molecule has 106 valence electrons. The van der Waals surface area contributed by atoms with Crippen LogP contribution in [0.1, 0.15) is 36.3 Å². The fourth-order valence-corrected chi connectivity index (χ4v) is 3.13. The molecule has 0 bridgehead atoms. The Kier molecular flexibility index (Phi) is 5.26. The van der Waals surface area contributed by atoms with Crippen molar-refractivity contribution >= 4 is 12.4 Å². The molecule has 1 aliphatic heterocycles. The van der Waals surface area contributed by atoms with Crippen LogP contribution >= 0.6 is 12.4 Å². The molecule has 1 N–H and O–H groups in total. The zero-order valence-corrected chi connectivity index (χ0v) is 12.6. The highest BCUT2D eigenvalue weighted by molar-refractivity contribution is 5.85. The predicted molar refractivity (Wildman–Crippen MR) is 83.0 cm³/mol. The molecule has 1 atom stereocenters. The fraction of sp³-hybridized carbons (Fsp3) is 0.625. The Labute approximate surface area is 123 Å². The Bertz CT molecular complexity index is 403. The van der Waals surface area contributed by atoms with Crippen LogP contribution in [0.15, 0.2) is 24.3 Å². The van der Waals surface area contributed by atoms with Gasteiger partial charge in [-0.2, -0.15) is 0 Å². The van der Waals surface area contributed by atoms with Gasteiger partial charge >= 0.3 is 0 Å². The molecule has 3 rings (SSSR count). The third kappa shape index (κ3) is 3.95. The van der Waals surface area contributed by atoms with Crippen LogP contribution in [0.4, 0.5) is 0 Å². The molecule has 1 aliphatic carbocycles. The average molecular weight is 281 g/mol. The first-order chi connectivity index (χ1) is 8.85. The van der Waals surface area contributed by atoms with E-state index in [1.807, 2.05) is 0 Å². The highest BCUT2D eigenvalue weighted by Crippen LogP contribution is 2.40. The molecule has 2 nitrogen and oxygen atoms in total. The van der Waals surface area contributed by atoms with Crippen molar-refractivity contribution in [3.05, 3.63) is 35.4 Å². The molecule has 19 heavy (non-hydrogen) atoms. The first-order valence-corrected chi connectivity index (χ1v) is 7.31. The Morgan fingerprint density at radius 3 is 2.84 bits per heavy atom. The summed E-state index contributed by atoms with van der Waals surface area (Å²) in [5, 5.41) is 3.30. The van der Waals surface area contributed by atoms with Crippen molar-refractivity contribution in [1.82, 2.24) is 10.2 Å². The topological polar surface area (TPSA) is 15.3 Å². The minimum Gasteiger partial charge on any atom is -0.319 e. The second kappa shape index (κ2) is 6.74. The number of nitrogens with zero attached hydrogens (tertiary/aromatic N) is 1. The average Bonchev–Trinajstić information content (AvgIpc) is 3.14. The fourth-order valence-electron chi connectivity index (χ4n) is 3.13. The number of rotatable bonds is 5. The van der Waals surface area contributed by atoms with Crippen LogP contribution in [-0.2, 0) is 6.54 Å². The Hall–Kier alpha value is -0.570. The van der Waals surface area contributed by atoms with Gasteiger partial charge < -0.3 is 5.32 Å². The maximum atomic E-state index is 3.30. The van der Waals surface area contributed by atoms with E-state index in [4.69, 9.17) is 0 Å². The number of benzene rings is 1. The van der Waals surface area contributed by atoms with E-state index in [0.717, 1.165) is 18.4 Å². The molecular weight excluding hydrogens is 256 g/mol. The molecule has 1 heterocycles. The van der Waals surface area contributed by atoms with Gasteiger partial charge in [0.1, 0.15) is 0 Å². The molecule has 1 aromatic rings. The zero-order chi connectivity index (χ0) is 12.4. The number of nitrogens with one attached hydrogen (secondary N) is 1.